The zero-order valence-corrected chi connectivity index (χ0v) is 7.74. The minimum absolute atomic E-state index is 0.125. The standard InChI is InChI=1S/C9H16N2O2/c10-7-2-3-8(13-6-7)9(12)11-4-1-5-11/h7-8H,1-6,10H2/t7-,8+/m1/s1. The van der Waals surface area contributed by atoms with Crippen LogP contribution in [0.3, 0.4) is 0 Å². The minimum Gasteiger partial charge on any atom is -0.367 e. The molecule has 2 aliphatic rings. The van der Waals surface area contributed by atoms with Crippen LogP contribution in [0.1, 0.15) is 19.3 Å². The summed E-state index contributed by atoms with van der Waals surface area (Å²) in [6.07, 6.45) is 2.62. The van der Waals surface area contributed by atoms with Crippen molar-refractivity contribution in [2.24, 2.45) is 5.73 Å². The number of rotatable bonds is 1. The first kappa shape index (κ1) is 8.97. The summed E-state index contributed by atoms with van der Waals surface area (Å²) in [5.74, 6) is 0.165. The lowest BCUT2D eigenvalue weighted by atomic mass is 10.0. The third kappa shape index (κ3) is 1.84. The molecule has 74 valence electrons. The Morgan fingerprint density at radius 2 is 2.15 bits per heavy atom. The summed E-state index contributed by atoms with van der Waals surface area (Å²) in [5.41, 5.74) is 5.67. The van der Waals surface area contributed by atoms with Crippen LogP contribution >= 0.6 is 0 Å². The van der Waals surface area contributed by atoms with Crippen molar-refractivity contribution in [3.05, 3.63) is 0 Å². The molecule has 0 aromatic rings. The van der Waals surface area contributed by atoms with Crippen LogP contribution in [0.25, 0.3) is 0 Å². The second-order valence-corrected chi connectivity index (χ2v) is 3.84. The van der Waals surface area contributed by atoms with Gasteiger partial charge in [0, 0.05) is 19.1 Å². The molecule has 1 amide bonds. The highest BCUT2D eigenvalue weighted by Gasteiger charge is 2.31. The Labute approximate surface area is 78.0 Å². The lowest BCUT2D eigenvalue weighted by molar-refractivity contribution is -0.150. The number of likely N-dealkylation sites (tertiary alicyclic amines) is 1. The first-order valence-corrected chi connectivity index (χ1v) is 4.93. The Morgan fingerprint density at radius 1 is 1.38 bits per heavy atom. The highest BCUT2D eigenvalue weighted by molar-refractivity contribution is 5.81. The zero-order valence-electron chi connectivity index (χ0n) is 7.74. The molecule has 2 N–H and O–H groups in total. The van der Waals surface area contributed by atoms with E-state index in [0.29, 0.717) is 6.61 Å². The topological polar surface area (TPSA) is 55.6 Å². The van der Waals surface area contributed by atoms with Crippen LogP contribution in [0.15, 0.2) is 0 Å². The molecule has 0 bridgehead atoms. The molecular weight excluding hydrogens is 168 g/mol. The molecule has 2 rings (SSSR count). The first-order chi connectivity index (χ1) is 6.27. The highest BCUT2D eigenvalue weighted by Crippen LogP contribution is 2.17. The summed E-state index contributed by atoms with van der Waals surface area (Å²) in [6, 6.07) is 0.125. The van der Waals surface area contributed by atoms with Gasteiger partial charge in [-0.3, -0.25) is 4.79 Å². The average Bonchev–Trinajstić information content (AvgIpc) is 2.02. The smallest absolute Gasteiger partial charge is 0.251 e. The molecule has 4 nitrogen and oxygen atoms in total. The third-order valence-electron chi connectivity index (χ3n) is 2.75. The van der Waals surface area contributed by atoms with Crippen molar-refractivity contribution in [2.45, 2.75) is 31.4 Å². The van der Waals surface area contributed by atoms with Crippen molar-refractivity contribution in [1.82, 2.24) is 4.90 Å². The molecule has 4 heteroatoms. The van der Waals surface area contributed by atoms with Gasteiger partial charge in [-0.05, 0) is 19.3 Å². The van der Waals surface area contributed by atoms with Gasteiger partial charge in [0.2, 0.25) is 0 Å². The van der Waals surface area contributed by atoms with Gasteiger partial charge < -0.3 is 15.4 Å². The van der Waals surface area contributed by atoms with Crippen molar-refractivity contribution in [2.75, 3.05) is 19.7 Å². The van der Waals surface area contributed by atoms with Crippen LogP contribution < -0.4 is 5.73 Å². The summed E-state index contributed by atoms with van der Waals surface area (Å²) in [5, 5.41) is 0. The van der Waals surface area contributed by atoms with Crippen molar-refractivity contribution in [1.29, 1.82) is 0 Å². The van der Waals surface area contributed by atoms with E-state index in [0.717, 1.165) is 32.4 Å². The molecule has 2 atom stereocenters. The SMILES string of the molecule is N[C@@H]1CC[C@@H](C(=O)N2CCC2)OC1. The maximum absolute atomic E-state index is 11.6. The van der Waals surface area contributed by atoms with Gasteiger partial charge in [-0.1, -0.05) is 0 Å². The number of ether oxygens (including phenoxy) is 1. The summed E-state index contributed by atoms with van der Waals surface area (Å²) in [4.78, 5) is 13.5. The predicted molar refractivity (Wildman–Crippen MR) is 48.1 cm³/mol. The summed E-state index contributed by atoms with van der Waals surface area (Å²) in [7, 11) is 0. The predicted octanol–water partition coefficient (Wildman–Crippen LogP) is -0.275. The fraction of sp³-hybridized carbons (Fsp3) is 0.889. The maximum atomic E-state index is 11.6. The lowest BCUT2D eigenvalue weighted by Crippen LogP contribution is -2.50. The molecule has 2 heterocycles. The van der Waals surface area contributed by atoms with E-state index in [1.165, 1.54) is 0 Å². The highest BCUT2D eigenvalue weighted by atomic mass is 16.5. The Balaban J connectivity index is 1.83. The van der Waals surface area contributed by atoms with E-state index < -0.39 is 0 Å². The van der Waals surface area contributed by atoms with Crippen molar-refractivity contribution in [3.63, 3.8) is 0 Å². The van der Waals surface area contributed by atoms with Gasteiger partial charge in [0.05, 0.1) is 6.61 Å². The van der Waals surface area contributed by atoms with Gasteiger partial charge in [0.25, 0.3) is 5.91 Å². The fourth-order valence-electron chi connectivity index (χ4n) is 1.71. The normalized spacial score (nSPS) is 34.1. The molecule has 0 saturated carbocycles. The van der Waals surface area contributed by atoms with E-state index in [2.05, 4.69) is 0 Å². The number of hydrogen-bond acceptors (Lipinski definition) is 3. The maximum Gasteiger partial charge on any atom is 0.251 e. The Hall–Kier alpha value is -0.610. The molecular formula is C9H16N2O2. The lowest BCUT2D eigenvalue weighted by Gasteiger charge is -2.36. The second kappa shape index (κ2) is 3.64. The molecule has 13 heavy (non-hydrogen) atoms. The Morgan fingerprint density at radius 3 is 2.62 bits per heavy atom. The quantitative estimate of drug-likeness (QED) is 0.610. The Bertz CT molecular complexity index is 196. The van der Waals surface area contributed by atoms with E-state index in [4.69, 9.17) is 10.5 Å². The number of nitrogens with zero attached hydrogens (tertiary/aromatic N) is 1. The average molecular weight is 184 g/mol. The van der Waals surface area contributed by atoms with E-state index in [9.17, 15) is 4.79 Å². The summed E-state index contributed by atoms with van der Waals surface area (Å²) >= 11 is 0. The van der Waals surface area contributed by atoms with Gasteiger partial charge >= 0.3 is 0 Å². The third-order valence-corrected chi connectivity index (χ3v) is 2.75. The number of hydrogen-bond donors (Lipinski definition) is 1. The molecule has 0 radical (unpaired) electrons. The molecule has 0 aromatic carbocycles. The fourth-order valence-corrected chi connectivity index (χ4v) is 1.71. The molecule has 0 spiro atoms. The molecule has 0 unspecified atom stereocenters. The molecule has 2 aliphatic heterocycles. The second-order valence-electron chi connectivity index (χ2n) is 3.84. The van der Waals surface area contributed by atoms with Crippen molar-refractivity contribution in [3.8, 4) is 0 Å². The van der Waals surface area contributed by atoms with Crippen molar-refractivity contribution >= 4 is 5.91 Å². The Kier molecular flexibility index (Phi) is 2.51. The van der Waals surface area contributed by atoms with E-state index >= 15 is 0 Å². The van der Waals surface area contributed by atoms with Gasteiger partial charge in [0.1, 0.15) is 6.10 Å². The van der Waals surface area contributed by atoms with Crippen LogP contribution in [0.4, 0.5) is 0 Å². The van der Waals surface area contributed by atoms with Gasteiger partial charge in [-0.15, -0.1) is 0 Å². The van der Waals surface area contributed by atoms with E-state index in [-0.39, 0.29) is 18.1 Å². The molecule has 0 aromatic heterocycles. The zero-order chi connectivity index (χ0) is 9.26. The number of carbonyl (C=O) groups excluding carboxylic acids is 1. The number of carbonyl (C=O) groups is 1. The van der Waals surface area contributed by atoms with Gasteiger partial charge in [-0.25, -0.2) is 0 Å². The van der Waals surface area contributed by atoms with Crippen molar-refractivity contribution < 1.29 is 9.53 Å². The monoisotopic (exact) mass is 184 g/mol. The summed E-state index contributed by atoms with van der Waals surface area (Å²) in [6.45, 7) is 2.35. The van der Waals surface area contributed by atoms with Gasteiger partial charge in [0.15, 0.2) is 0 Å². The van der Waals surface area contributed by atoms with Crippen LogP contribution in [0.5, 0.6) is 0 Å². The number of amides is 1. The van der Waals surface area contributed by atoms with Crippen LogP contribution in [-0.2, 0) is 9.53 Å². The van der Waals surface area contributed by atoms with E-state index in [1.54, 1.807) is 0 Å². The van der Waals surface area contributed by atoms with E-state index in [1.807, 2.05) is 4.90 Å². The van der Waals surface area contributed by atoms with Crippen LogP contribution in [0, 0.1) is 0 Å². The molecule has 2 fully saturated rings. The number of nitrogens with two attached hydrogens (primary N) is 1. The first-order valence-electron chi connectivity index (χ1n) is 4.93. The molecule has 2 saturated heterocycles. The van der Waals surface area contributed by atoms with Crippen LogP contribution in [-0.4, -0.2) is 42.6 Å². The molecule has 0 aliphatic carbocycles. The van der Waals surface area contributed by atoms with Gasteiger partial charge in [-0.2, -0.15) is 0 Å². The van der Waals surface area contributed by atoms with Crippen LogP contribution in [0.2, 0.25) is 0 Å². The largest absolute Gasteiger partial charge is 0.367 e. The minimum atomic E-state index is -0.208. The summed E-state index contributed by atoms with van der Waals surface area (Å²) < 4.78 is 5.39.